The zero-order chi connectivity index (χ0) is 15.7. The van der Waals surface area contributed by atoms with Crippen LogP contribution in [0.5, 0.6) is 0 Å². The molecule has 7 heteroatoms. The first-order valence-corrected chi connectivity index (χ1v) is 7.27. The second-order valence-corrected chi connectivity index (χ2v) is 5.59. The van der Waals surface area contributed by atoms with Crippen molar-refractivity contribution in [2.24, 2.45) is 0 Å². The van der Waals surface area contributed by atoms with Gasteiger partial charge in [-0.15, -0.1) is 0 Å². The molecule has 1 N–H and O–H groups in total. The number of hydrogen-bond donors (Lipinski definition) is 1. The highest BCUT2D eigenvalue weighted by Gasteiger charge is 2.28. The Morgan fingerprint density at radius 2 is 1.91 bits per heavy atom. The van der Waals surface area contributed by atoms with E-state index in [1.54, 1.807) is 23.1 Å². The highest BCUT2D eigenvalue weighted by Crippen LogP contribution is 2.23. The number of rotatable bonds is 3. The summed E-state index contributed by atoms with van der Waals surface area (Å²) in [7, 11) is 0. The second kappa shape index (κ2) is 5.81. The van der Waals surface area contributed by atoms with Crippen LogP contribution in [0.2, 0.25) is 5.02 Å². The number of carbonyl (C=O) groups is 3. The lowest BCUT2D eigenvalue weighted by atomic mass is 10.1. The van der Waals surface area contributed by atoms with Gasteiger partial charge in [0.25, 0.3) is 11.7 Å². The topological polar surface area (TPSA) is 73.5 Å². The lowest BCUT2D eigenvalue weighted by molar-refractivity contribution is -0.131. The maximum atomic E-state index is 12.4. The molecule has 1 saturated heterocycles. The van der Waals surface area contributed by atoms with Gasteiger partial charge in [0.05, 0.1) is 5.56 Å². The molecule has 0 saturated carbocycles. The van der Waals surface area contributed by atoms with E-state index in [9.17, 15) is 14.4 Å². The van der Waals surface area contributed by atoms with E-state index in [1.807, 2.05) is 0 Å². The summed E-state index contributed by atoms with van der Waals surface area (Å²) in [5.41, 5.74) is 1.08. The summed E-state index contributed by atoms with van der Waals surface area (Å²) in [4.78, 5) is 41.5. The molecular formula is C15H14ClN3O3. The molecule has 2 aromatic rings. The number of fused-ring (bicyclic) bond motifs is 1. The van der Waals surface area contributed by atoms with Crippen molar-refractivity contribution in [3.63, 3.8) is 0 Å². The monoisotopic (exact) mass is 319 g/mol. The van der Waals surface area contributed by atoms with Gasteiger partial charge in [-0.05, 0) is 18.2 Å². The van der Waals surface area contributed by atoms with Gasteiger partial charge in [0, 0.05) is 48.3 Å². The van der Waals surface area contributed by atoms with Crippen LogP contribution in [0.4, 0.5) is 0 Å². The third-order valence-electron chi connectivity index (χ3n) is 3.83. The molecule has 114 valence electrons. The highest BCUT2D eigenvalue weighted by molar-refractivity contribution is 6.45. The quantitative estimate of drug-likeness (QED) is 0.526. The molecule has 1 aliphatic rings. The Hall–Kier alpha value is -2.34. The molecule has 0 atom stereocenters. The average molecular weight is 320 g/mol. The summed E-state index contributed by atoms with van der Waals surface area (Å²) in [6, 6.07) is 5.15. The van der Waals surface area contributed by atoms with Crippen molar-refractivity contribution in [1.29, 1.82) is 0 Å². The molecule has 1 aromatic heterocycles. The molecule has 0 radical (unpaired) electrons. The van der Waals surface area contributed by atoms with Gasteiger partial charge in [0.2, 0.25) is 6.41 Å². The lowest BCUT2D eigenvalue weighted by Gasteiger charge is -2.31. The molecule has 3 rings (SSSR count). The van der Waals surface area contributed by atoms with Crippen molar-refractivity contribution in [2.45, 2.75) is 0 Å². The number of aromatic amines is 1. The first-order valence-electron chi connectivity index (χ1n) is 6.90. The average Bonchev–Trinajstić information content (AvgIpc) is 2.96. The number of ketones is 1. The van der Waals surface area contributed by atoms with Crippen LogP contribution in [0.3, 0.4) is 0 Å². The Balaban J connectivity index is 1.82. The molecule has 0 bridgehead atoms. The van der Waals surface area contributed by atoms with Gasteiger partial charge in [-0.25, -0.2) is 0 Å². The third kappa shape index (κ3) is 2.57. The summed E-state index contributed by atoms with van der Waals surface area (Å²) in [5.74, 6) is -1.11. The normalized spacial score (nSPS) is 15.1. The van der Waals surface area contributed by atoms with Crippen molar-refractivity contribution in [3.05, 3.63) is 35.0 Å². The van der Waals surface area contributed by atoms with Crippen LogP contribution in [-0.2, 0) is 9.59 Å². The van der Waals surface area contributed by atoms with E-state index in [0.717, 1.165) is 11.9 Å². The van der Waals surface area contributed by atoms with E-state index < -0.39 is 11.7 Å². The molecule has 6 nitrogen and oxygen atoms in total. The van der Waals surface area contributed by atoms with E-state index in [2.05, 4.69) is 4.98 Å². The van der Waals surface area contributed by atoms with Crippen LogP contribution in [-0.4, -0.2) is 59.1 Å². The molecule has 1 fully saturated rings. The minimum Gasteiger partial charge on any atom is -0.360 e. The number of carbonyl (C=O) groups excluding carboxylic acids is 3. The number of piperazine rings is 1. The largest absolute Gasteiger partial charge is 0.360 e. The first kappa shape index (κ1) is 14.6. The molecule has 22 heavy (non-hydrogen) atoms. The van der Waals surface area contributed by atoms with Crippen molar-refractivity contribution in [3.8, 4) is 0 Å². The van der Waals surface area contributed by atoms with Crippen LogP contribution in [0.1, 0.15) is 10.4 Å². The fraction of sp³-hybridized carbons (Fsp3) is 0.267. The summed E-state index contributed by atoms with van der Waals surface area (Å²) < 4.78 is 0. The van der Waals surface area contributed by atoms with Crippen LogP contribution < -0.4 is 0 Å². The number of hydrogen-bond acceptors (Lipinski definition) is 3. The zero-order valence-corrected chi connectivity index (χ0v) is 12.5. The summed E-state index contributed by atoms with van der Waals surface area (Å²) in [6.07, 6.45) is 2.29. The molecule has 0 aliphatic carbocycles. The molecule has 1 aromatic carbocycles. The zero-order valence-electron chi connectivity index (χ0n) is 11.7. The molecule has 1 aliphatic heterocycles. The minimum absolute atomic E-state index is 0.320. The van der Waals surface area contributed by atoms with Crippen molar-refractivity contribution in [2.75, 3.05) is 26.2 Å². The van der Waals surface area contributed by atoms with Gasteiger partial charge in [-0.3, -0.25) is 14.4 Å². The first-order chi connectivity index (χ1) is 10.6. The Bertz CT molecular complexity index is 748. The number of nitrogens with one attached hydrogen (secondary N) is 1. The highest BCUT2D eigenvalue weighted by atomic mass is 35.5. The Morgan fingerprint density at radius 3 is 2.59 bits per heavy atom. The lowest BCUT2D eigenvalue weighted by Crippen LogP contribution is -2.50. The van der Waals surface area contributed by atoms with Gasteiger partial charge >= 0.3 is 0 Å². The summed E-state index contributed by atoms with van der Waals surface area (Å²) >= 11 is 5.95. The maximum Gasteiger partial charge on any atom is 0.295 e. The van der Waals surface area contributed by atoms with Crippen molar-refractivity contribution >= 4 is 40.6 Å². The van der Waals surface area contributed by atoms with Gasteiger partial charge < -0.3 is 14.8 Å². The van der Waals surface area contributed by atoms with Crippen LogP contribution in [0.15, 0.2) is 24.4 Å². The fourth-order valence-corrected chi connectivity index (χ4v) is 2.74. The maximum absolute atomic E-state index is 12.4. The van der Waals surface area contributed by atoms with Crippen LogP contribution in [0.25, 0.3) is 10.9 Å². The van der Waals surface area contributed by atoms with Crippen molar-refractivity contribution in [1.82, 2.24) is 14.8 Å². The predicted molar refractivity (Wildman–Crippen MR) is 81.9 cm³/mol. The fourth-order valence-electron chi connectivity index (χ4n) is 2.57. The number of benzene rings is 1. The smallest absolute Gasteiger partial charge is 0.295 e. The minimum atomic E-state index is -0.562. The van der Waals surface area contributed by atoms with Gasteiger partial charge in [0.1, 0.15) is 0 Å². The van der Waals surface area contributed by atoms with E-state index >= 15 is 0 Å². The van der Waals surface area contributed by atoms with Crippen LogP contribution in [0, 0.1) is 0 Å². The van der Waals surface area contributed by atoms with Gasteiger partial charge in [-0.2, -0.15) is 0 Å². The molecule has 0 spiro atoms. The second-order valence-electron chi connectivity index (χ2n) is 5.15. The van der Waals surface area contributed by atoms with Crippen LogP contribution >= 0.6 is 11.6 Å². The molecule has 0 unspecified atom stereocenters. The number of halogens is 1. The van der Waals surface area contributed by atoms with Crippen molar-refractivity contribution < 1.29 is 14.4 Å². The van der Waals surface area contributed by atoms with E-state index in [1.165, 1.54) is 11.1 Å². The van der Waals surface area contributed by atoms with E-state index in [0.29, 0.717) is 42.2 Å². The SMILES string of the molecule is O=CN1CCN(C(=O)C(=O)c2c[nH]c3ccc(Cl)cc23)CC1. The van der Waals surface area contributed by atoms with Gasteiger partial charge in [0.15, 0.2) is 0 Å². The third-order valence-corrected chi connectivity index (χ3v) is 4.07. The Morgan fingerprint density at radius 1 is 1.18 bits per heavy atom. The number of amides is 2. The van der Waals surface area contributed by atoms with E-state index in [4.69, 9.17) is 11.6 Å². The number of H-pyrrole nitrogens is 1. The summed E-state index contributed by atoms with van der Waals surface area (Å²) in [5, 5.41) is 1.14. The Kier molecular flexibility index (Phi) is 3.85. The summed E-state index contributed by atoms with van der Waals surface area (Å²) in [6.45, 7) is 1.63. The predicted octanol–water partition coefficient (Wildman–Crippen LogP) is 1.30. The molecular weight excluding hydrogens is 306 g/mol. The Labute approximate surface area is 131 Å². The number of nitrogens with zero attached hydrogens (tertiary/aromatic N) is 2. The number of Topliss-reactive ketones (excluding diaryl/α,β-unsaturated/α-hetero) is 1. The molecule has 2 amide bonds. The van der Waals surface area contributed by atoms with E-state index in [-0.39, 0.29) is 0 Å². The number of aromatic nitrogens is 1. The molecule has 2 heterocycles. The standard InChI is InChI=1S/C15H14ClN3O3/c16-10-1-2-13-11(7-10)12(8-17-13)14(21)15(22)19-5-3-18(9-20)4-6-19/h1-2,7-9,17H,3-6H2. The van der Waals surface area contributed by atoms with Gasteiger partial charge in [-0.1, -0.05) is 11.6 Å².